The summed E-state index contributed by atoms with van der Waals surface area (Å²) in [6.07, 6.45) is 5.45. The molecular formula is C13H18N4O. The number of anilines is 1. The molecule has 0 unspecified atom stereocenters. The number of piperidine rings is 1. The molecule has 5 heteroatoms. The van der Waals surface area contributed by atoms with Crippen molar-refractivity contribution in [3.63, 3.8) is 0 Å². The van der Waals surface area contributed by atoms with E-state index >= 15 is 0 Å². The van der Waals surface area contributed by atoms with Crippen molar-refractivity contribution in [3.8, 4) is 0 Å². The number of urea groups is 1. The first kappa shape index (κ1) is 12.4. The third-order valence-corrected chi connectivity index (χ3v) is 3.00. The van der Waals surface area contributed by atoms with E-state index in [0.29, 0.717) is 0 Å². The molecule has 0 atom stereocenters. The van der Waals surface area contributed by atoms with E-state index in [1.165, 1.54) is 24.9 Å². The zero-order valence-electron chi connectivity index (χ0n) is 10.3. The number of hydrogen-bond donors (Lipinski definition) is 2. The Morgan fingerprint density at radius 1 is 1.22 bits per heavy atom. The fraction of sp³-hybridized carbons (Fsp3) is 0.385. The highest BCUT2D eigenvalue weighted by molar-refractivity contribution is 5.82. The lowest BCUT2D eigenvalue weighted by Gasteiger charge is -2.28. The number of rotatable bonds is 3. The van der Waals surface area contributed by atoms with Crippen LogP contribution in [0.4, 0.5) is 10.5 Å². The Balaban J connectivity index is 1.96. The highest BCUT2D eigenvalue weighted by Crippen LogP contribution is 2.19. The Kier molecular flexibility index (Phi) is 4.17. The first-order valence-electron chi connectivity index (χ1n) is 6.19. The molecule has 1 aromatic carbocycles. The third kappa shape index (κ3) is 3.48. The maximum Gasteiger partial charge on any atom is 0.332 e. The topological polar surface area (TPSA) is 70.7 Å². The van der Waals surface area contributed by atoms with Gasteiger partial charge in [0.2, 0.25) is 0 Å². The van der Waals surface area contributed by atoms with Crippen LogP contribution in [-0.2, 0) is 0 Å². The molecule has 3 N–H and O–H groups in total. The van der Waals surface area contributed by atoms with Crippen molar-refractivity contribution in [2.45, 2.75) is 19.3 Å². The Labute approximate surface area is 107 Å². The number of carbonyl (C=O) groups excluding carboxylic acids is 1. The molecule has 18 heavy (non-hydrogen) atoms. The molecule has 0 spiro atoms. The standard InChI is InChI=1S/C13H18N4O/c14-13(18)16-15-10-11-4-6-12(7-5-11)17-8-2-1-3-9-17/h4-7,10H,1-3,8-9H2,(H3,14,16,18). The number of amides is 2. The molecule has 1 aliphatic rings. The first-order chi connectivity index (χ1) is 8.75. The third-order valence-electron chi connectivity index (χ3n) is 3.00. The second-order valence-electron chi connectivity index (χ2n) is 4.37. The van der Waals surface area contributed by atoms with Gasteiger partial charge in [-0.1, -0.05) is 12.1 Å². The van der Waals surface area contributed by atoms with Crippen LogP contribution in [0.3, 0.4) is 0 Å². The first-order valence-corrected chi connectivity index (χ1v) is 6.19. The molecule has 96 valence electrons. The van der Waals surface area contributed by atoms with E-state index in [4.69, 9.17) is 5.73 Å². The lowest BCUT2D eigenvalue weighted by Crippen LogP contribution is -2.29. The summed E-state index contributed by atoms with van der Waals surface area (Å²) in [4.78, 5) is 12.8. The lowest BCUT2D eigenvalue weighted by molar-refractivity contribution is 0.249. The van der Waals surface area contributed by atoms with Crippen molar-refractivity contribution in [2.75, 3.05) is 18.0 Å². The fourth-order valence-corrected chi connectivity index (χ4v) is 2.09. The summed E-state index contributed by atoms with van der Waals surface area (Å²) in [6.45, 7) is 2.27. The SMILES string of the molecule is NC(=O)NN=Cc1ccc(N2CCCCC2)cc1. The minimum Gasteiger partial charge on any atom is -0.372 e. The van der Waals surface area contributed by atoms with Gasteiger partial charge in [0.15, 0.2) is 0 Å². The van der Waals surface area contributed by atoms with E-state index in [1.54, 1.807) is 6.21 Å². The smallest absolute Gasteiger partial charge is 0.332 e. The number of benzene rings is 1. The van der Waals surface area contributed by atoms with Crippen LogP contribution in [0.25, 0.3) is 0 Å². The average molecular weight is 246 g/mol. The number of nitrogens with two attached hydrogens (primary N) is 1. The van der Waals surface area contributed by atoms with Gasteiger partial charge in [0.25, 0.3) is 0 Å². The molecule has 2 rings (SSSR count). The van der Waals surface area contributed by atoms with Crippen LogP contribution in [0.5, 0.6) is 0 Å². The van der Waals surface area contributed by atoms with E-state index in [2.05, 4.69) is 27.6 Å². The van der Waals surface area contributed by atoms with Crippen molar-refractivity contribution in [1.82, 2.24) is 5.43 Å². The molecule has 1 aliphatic heterocycles. The van der Waals surface area contributed by atoms with Crippen LogP contribution in [0.15, 0.2) is 29.4 Å². The quantitative estimate of drug-likeness (QED) is 0.629. The molecule has 2 amide bonds. The number of nitrogens with one attached hydrogen (secondary N) is 1. The Morgan fingerprint density at radius 2 is 1.89 bits per heavy atom. The molecule has 0 radical (unpaired) electrons. The van der Waals surface area contributed by atoms with E-state index in [1.807, 2.05) is 12.1 Å². The molecule has 0 bridgehead atoms. The van der Waals surface area contributed by atoms with Gasteiger partial charge >= 0.3 is 6.03 Å². The summed E-state index contributed by atoms with van der Waals surface area (Å²) in [5.41, 5.74) is 9.26. The normalized spacial score (nSPS) is 15.9. The van der Waals surface area contributed by atoms with E-state index < -0.39 is 6.03 Å². The van der Waals surface area contributed by atoms with Crippen molar-refractivity contribution < 1.29 is 4.79 Å². The van der Waals surface area contributed by atoms with E-state index in [-0.39, 0.29) is 0 Å². The van der Waals surface area contributed by atoms with Crippen molar-refractivity contribution in [2.24, 2.45) is 10.8 Å². The largest absolute Gasteiger partial charge is 0.372 e. The minimum absolute atomic E-state index is 0.656. The van der Waals surface area contributed by atoms with Crippen LogP contribution in [0.1, 0.15) is 24.8 Å². The summed E-state index contributed by atoms with van der Waals surface area (Å²) >= 11 is 0. The number of hydrogen-bond acceptors (Lipinski definition) is 3. The zero-order chi connectivity index (χ0) is 12.8. The number of carbonyl (C=O) groups is 1. The second kappa shape index (κ2) is 6.05. The van der Waals surface area contributed by atoms with Crippen molar-refractivity contribution in [1.29, 1.82) is 0 Å². The van der Waals surface area contributed by atoms with Gasteiger partial charge in [-0.25, -0.2) is 10.2 Å². The lowest BCUT2D eigenvalue weighted by atomic mass is 10.1. The van der Waals surface area contributed by atoms with Gasteiger partial charge in [-0.05, 0) is 37.0 Å². The zero-order valence-corrected chi connectivity index (χ0v) is 10.3. The number of hydrazone groups is 1. The minimum atomic E-state index is -0.656. The van der Waals surface area contributed by atoms with Crippen molar-refractivity contribution in [3.05, 3.63) is 29.8 Å². The van der Waals surface area contributed by atoms with Gasteiger partial charge in [-0.15, -0.1) is 0 Å². The Hall–Kier alpha value is -2.04. The summed E-state index contributed by atoms with van der Waals surface area (Å²) in [7, 11) is 0. The van der Waals surface area contributed by atoms with Crippen LogP contribution in [-0.4, -0.2) is 25.3 Å². The Bertz CT molecular complexity index is 421. The average Bonchev–Trinajstić information content (AvgIpc) is 2.40. The summed E-state index contributed by atoms with van der Waals surface area (Å²) in [6, 6.07) is 7.47. The molecule has 1 fully saturated rings. The van der Waals surface area contributed by atoms with Gasteiger partial charge in [-0.3, -0.25) is 0 Å². The fourth-order valence-electron chi connectivity index (χ4n) is 2.09. The molecule has 5 nitrogen and oxygen atoms in total. The van der Waals surface area contributed by atoms with Crippen LogP contribution < -0.4 is 16.1 Å². The van der Waals surface area contributed by atoms with Crippen LogP contribution in [0, 0.1) is 0 Å². The maximum absolute atomic E-state index is 10.4. The van der Waals surface area contributed by atoms with Gasteiger partial charge < -0.3 is 10.6 Å². The van der Waals surface area contributed by atoms with Gasteiger partial charge in [0, 0.05) is 18.8 Å². The van der Waals surface area contributed by atoms with Gasteiger partial charge in [-0.2, -0.15) is 5.10 Å². The van der Waals surface area contributed by atoms with Crippen LogP contribution >= 0.6 is 0 Å². The van der Waals surface area contributed by atoms with E-state index in [9.17, 15) is 4.79 Å². The second-order valence-corrected chi connectivity index (χ2v) is 4.37. The Morgan fingerprint density at radius 3 is 2.50 bits per heavy atom. The van der Waals surface area contributed by atoms with E-state index in [0.717, 1.165) is 18.7 Å². The molecule has 0 aromatic heterocycles. The molecular weight excluding hydrogens is 228 g/mol. The number of primary amides is 1. The predicted octanol–water partition coefficient (Wildman–Crippen LogP) is 1.68. The monoisotopic (exact) mass is 246 g/mol. The highest BCUT2D eigenvalue weighted by atomic mass is 16.2. The van der Waals surface area contributed by atoms with Crippen molar-refractivity contribution >= 4 is 17.9 Å². The molecule has 1 heterocycles. The number of nitrogens with zero attached hydrogens (tertiary/aromatic N) is 2. The summed E-state index contributed by atoms with van der Waals surface area (Å²) < 4.78 is 0. The summed E-state index contributed by atoms with van der Waals surface area (Å²) in [5.74, 6) is 0. The van der Waals surface area contributed by atoms with Gasteiger partial charge in [0.1, 0.15) is 0 Å². The maximum atomic E-state index is 10.4. The highest BCUT2D eigenvalue weighted by Gasteiger charge is 2.09. The molecule has 1 saturated heterocycles. The summed E-state index contributed by atoms with van der Waals surface area (Å²) in [5, 5.41) is 3.72. The molecule has 0 saturated carbocycles. The predicted molar refractivity (Wildman–Crippen MR) is 72.8 cm³/mol. The van der Waals surface area contributed by atoms with Crippen LogP contribution in [0.2, 0.25) is 0 Å². The van der Waals surface area contributed by atoms with Gasteiger partial charge in [0.05, 0.1) is 6.21 Å². The molecule has 1 aromatic rings. The molecule has 0 aliphatic carbocycles.